The van der Waals surface area contributed by atoms with E-state index in [1.807, 2.05) is 6.07 Å². The van der Waals surface area contributed by atoms with Crippen LogP contribution in [0.2, 0.25) is 0 Å². The number of nitrogens with one attached hydrogen (secondary N) is 2. The minimum Gasteiger partial charge on any atom is -0.385 e. The highest BCUT2D eigenvalue weighted by atomic mass is 14.9. The lowest BCUT2D eigenvalue weighted by atomic mass is 10.00. The highest BCUT2D eigenvalue weighted by Crippen LogP contribution is 2.12. The molecule has 0 saturated carbocycles. The van der Waals surface area contributed by atoms with Crippen LogP contribution < -0.4 is 10.6 Å². The van der Waals surface area contributed by atoms with E-state index in [9.17, 15) is 0 Å². The largest absolute Gasteiger partial charge is 0.385 e. The summed E-state index contributed by atoms with van der Waals surface area (Å²) in [5.74, 6) is 0.795. The molecule has 0 aliphatic carbocycles. The Kier molecular flexibility index (Phi) is 3.41. The van der Waals surface area contributed by atoms with Crippen molar-refractivity contribution >= 4 is 5.69 Å². The highest BCUT2D eigenvalue weighted by molar-refractivity contribution is 5.42. The number of rotatable bonds is 3. The molecule has 1 aromatic carbocycles. The summed E-state index contributed by atoms with van der Waals surface area (Å²) in [4.78, 5) is 0. The number of hydrogen-bond donors (Lipinski definition) is 2. The molecule has 76 valence electrons. The molecule has 0 unspecified atom stereocenters. The zero-order valence-corrected chi connectivity index (χ0v) is 8.50. The lowest BCUT2D eigenvalue weighted by molar-refractivity contribution is 0.393. The fourth-order valence-electron chi connectivity index (χ4n) is 1.92. The molecule has 1 fully saturated rings. The molecular formula is C12H18N2. The Balaban J connectivity index is 1.76. The van der Waals surface area contributed by atoms with Crippen molar-refractivity contribution in [1.82, 2.24) is 5.32 Å². The van der Waals surface area contributed by atoms with Gasteiger partial charge in [-0.15, -0.1) is 0 Å². The summed E-state index contributed by atoms with van der Waals surface area (Å²) in [6.07, 6.45) is 2.67. The van der Waals surface area contributed by atoms with Crippen LogP contribution in [0.5, 0.6) is 0 Å². The molecule has 2 rings (SSSR count). The minimum atomic E-state index is 0.795. The zero-order valence-electron chi connectivity index (χ0n) is 8.50. The first kappa shape index (κ1) is 9.53. The average Bonchev–Trinajstić information content (AvgIpc) is 2.29. The molecule has 1 saturated heterocycles. The maximum absolute atomic E-state index is 3.47. The van der Waals surface area contributed by atoms with E-state index in [0.29, 0.717) is 0 Å². The molecule has 1 aliphatic rings. The molecule has 1 heterocycles. The summed E-state index contributed by atoms with van der Waals surface area (Å²) in [6.45, 7) is 3.46. The van der Waals surface area contributed by atoms with Gasteiger partial charge >= 0.3 is 0 Å². The minimum absolute atomic E-state index is 0.795. The molecule has 1 atom stereocenters. The van der Waals surface area contributed by atoms with Crippen molar-refractivity contribution in [3.8, 4) is 0 Å². The molecule has 0 amide bonds. The van der Waals surface area contributed by atoms with Crippen LogP contribution in [0.4, 0.5) is 5.69 Å². The molecule has 0 radical (unpaired) electrons. The predicted molar refractivity (Wildman–Crippen MR) is 60.5 cm³/mol. The van der Waals surface area contributed by atoms with E-state index in [2.05, 4.69) is 34.9 Å². The fourth-order valence-corrected chi connectivity index (χ4v) is 1.92. The van der Waals surface area contributed by atoms with Crippen molar-refractivity contribution < 1.29 is 0 Å². The second-order valence-corrected chi connectivity index (χ2v) is 3.96. The summed E-state index contributed by atoms with van der Waals surface area (Å²) >= 11 is 0. The highest BCUT2D eigenvalue weighted by Gasteiger charge is 2.11. The Morgan fingerprint density at radius 1 is 1.29 bits per heavy atom. The number of hydrogen-bond acceptors (Lipinski definition) is 2. The van der Waals surface area contributed by atoms with E-state index >= 15 is 0 Å². The molecule has 2 nitrogen and oxygen atoms in total. The first-order valence-electron chi connectivity index (χ1n) is 5.45. The Hall–Kier alpha value is -1.02. The summed E-state index contributed by atoms with van der Waals surface area (Å²) in [6, 6.07) is 10.4. The monoisotopic (exact) mass is 190 g/mol. The van der Waals surface area contributed by atoms with Crippen molar-refractivity contribution in [3.63, 3.8) is 0 Å². The third-order valence-electron chi connectivity index (χ3n) is 2.77. The maximum Gasteiger partial charge on any atom is 0.0340 e. The van der Waals surface area contributed by atoms with Gasteiger partial charge in [0.2, 0.25) is 0 Å². The number of anilines is 1. The number of benzene rings is 1. The summed E-state index contributed by atoms with van der Waals surface area (Å²) in [7, 11) is 0. The van der Waals surface area contributed by atoms with E-state index < -0.39 is 0 Å². The predicted octanol–water partition coefficient (Wildman–Crippen LogP) is 2.10. The fraction of sp³-hybridized carbons (Fsp3) is 0.500. The number of piperidine rings is 1. The van der Waals surface area contributed by atoms with Gasteiger partial charge in [-0.25, -0.2) is 0 Å². The molecule has 0 spiro atoms. The van der Waals surface area contributed by atoms with E-state index in [4.69, 9.17) is 0 Å². The third kappa shape index (κ3) is 2.74. The van der Waals surface area contributed by atoms with Gasteiger partial charge in [-0.1, -0.05) is 18.2 Å². The van der Waals surface area contributed by atoms with Gasteiger partial charge in [0, 0.05) is 12.2 Å². The van der Waals surface area contributed by atoms with Crippen molar-refractivity contribution in [2.75, 3.05) is 25.0 Å². The van der Waals surface area contributed by atoms with Crippen molar-refractivity contribution in [2.45, 2.75) is 12.8 Å². The second kappa shape index (κ2) is 5.01. The average molecular weight is 190 g/mol. The SMILES string of the molecule is c1ccc(NC[C@H]2CCCNC2)cc1. The van der Waals surface area contributed by atoms with Crippen LogP contribution in [0, 0.1) is 5.92 Å². The lowest BCUT2D eigenvalue weighted by Gasteiger charge is -2.23. The molecule has 1 aromatic rings. The van der Waals surface area contributed by atoms with Gasteiger partial charge in [-0.05, 0) is 44.0 Å². The molecule has 14 heavy (non-hydrogen) atoms. The first-order valence-corrected chi connectivity index (χ1v) is 5.45. The number of para-hydroxylation sites is 1. The van der Waals surface area contributed by atoms with Crippen molar-refractivity contribution in [1.29, 1.82) is 0 Å². The van der Waals surface area contributed by atoms with Gasteiger partial charge in [-0.3, -0.25) is 0 Å². The van der Waals surface area contributed by atoms with Crippen LogP contribution in [0.25, 0.3) is 0 Å². The summed E-state index contributed by atoms with van der Waals surface area (Å²) in [5, 5.41) is 6.91. The van der Waals surface area contributed by atoms with Crippen molar-refractivity contribution in [2.24, 2.45) is 5.92 Å². The van der Waals surface area contributed by atoms with Gasteiger partial charge in [0.05, 0.1) is 0 Å². The van der Waals surface area contributed by atoms with Crippen LogP contribution in [0.15, 0.2) is 30.3 Å². The van der Waals surface area contributed by atoms with Crippen LogP contribution in [-0.4, -0.2) is 19.6 Å². The molecule has 0 bridgehead atoms. The smallest absolute Gasteiger partial charge is 0.0340 e. The topological polar surface area (TPSA) is 24.1 Å². The molecular weight excluding hydrogens is 172 g/mol. The second-order valence-electron chi connectivity index (χ2n) is 3.96. The molecule has 2 N–H and O–H groups in total. The van der Waals surface area contributed by atoms with Gasteiger partial charge in [0.1, 0.15) is 0 Å². The van der Waals surface area contributed by atoms with E-state index in [0.717, 1.165) is 12.5 Å². The molecule has 2 heteroatoms. The zero-order chi connectivity index (χ0) is 9.64. The first-order chi connectivity index (χ1) is 6.95. The van der Waals surface area contributed by atoms with Crippen molar-refractivity contribution in [3.05, 3.63) is 30.3 Å². The van der Waals surface area contributed by atoms with Gasteiger partial charge in [0.15, 0.2) is 0 Å². The van der Waals surface area contributed by atoms with Gasteiger partial charge in [0.25, 0.3) is 0 Å². The Morgan fingerprint density at radius 2 is 2.14 bits per heavy atom. The Labute approximate surface area is 85.7 Å². The van der Waals surface area contributed by atoms with Crippen LogP contribution in [-0.2, 0) is 0 Å². The standard InChI is InChI=1S/C12H18N2/c1-2-6-12(7-3-1)14-10-11-5-4-8-13-9-11/h1-3,6-7,11,13-14H,4-5,8-10H2/t11-/m0/s1. The van der Waals surface area contributed by atoms with E-state index in [-0.39, 0.29) is 0 Å². The van der Waals surface area contributed by atoms with Gasteiger partial charge < -0.3 is 10.6 Å². The quantitative estimate of drug-likeness (QED) is 0.762. The third-order valence-corrected chi connectivity index (χ3v) is 2.77. The maximum atomic E-state index is 3.47. The molecule has 0 aromatic heterocycles. The van der Waals surface area contributed by atoms with Crippen LogP contribution in [0.3, 0.4) is 0 Å². The summed E-state index contributed by atoms with van der Waals surface area (Å²) in [5.41, 5.74) is 1.23. The summed E-state index contributed by atoms with van der Waals surface area (Å²) < 4.78 is 0. The Morgan fingerprint density at radius 3 is 2.86 bits per heavy atom. The molecule has 1 aliphatic heterocycles. The normalized spacial score (nSPS) is 21.9. The van der Waals surface area contributed by atoms with Crippen LogP contribution >= 0.6 is 0 Å². The van der Waals surface area contributed by atoms with Crippen LogP contribution in [0.1, 0.15) is 12.8 Å². The van der Waals surface area contributed by atoms with Gasteiger partial charge in [-0.2, -0.15) is 0 Å². The van der Waals surface area contributed by atoms with E-state index in [1.165, 1.54) is 31.6 Å². The lowest BCUT2D eigenvalue weighted by Crippen LogP contribution is -2.33. The van der Waals surface area contributed by atoms with E-state index in [1.54, 1.807) is 0 Å². The Bertz CT molecular complexity index is 252.